The Bertz CT molecular complexity index is 637. The molecule has 3 rings (SSSR count). The molecule has 3 aromatic rings. The summed E-state index contributed by atoms with van der Waals surface area (Å²) in [6, 6.07) is 32.9. The van der Waals surface area contributed by atoms with Crippen LogP contribution in [0.15, 0.2) is 91.0 Å². The average Bonchev–Trinajstić information content (AvgIpc) is 2.63. The van der Waals surface area contributed by atoms with Crippen LogP contribution in [0.3, 0.4) is 0 Å². The topological polar surface area (TPSA) is 0 Å². The molecule has 0 aliphatic heterocycles. The quantitative estimate of drug-likeness (QED) is 0.627. The third-order valence-electron chi connectivity index (χ3n) is 4.70. The molecule has 0 spiro atoms. The zero-order chi connectivity index (χ0) is 15.5. The van der Waals surface area contributed by atoms with Crippen molar-refractivity contribution >= 4 is 31.1 Å². The summed E-state index contributed by atoms with van der Waals surface area (Å²) in [5.74, 6) is 0. The SMILES string of the molecule is CCP(P)(c1ccccc1)(c1ccccc1)c1ccccc1. The second kappa shape index (κ2) is 5.96. The van der Waals surface area contributed by atoms with Crippen LogP contribution in [0.1, 0.15) is 6.92 Å². The van der Waals surface area contributed by atoms with Gasteiger partial charge in [-0.25, -0.2) is 0 Å². The first kappa shape index (κ1) is 15.4. The second-order valence-corrected chi connectivity index (χ2v) is 14.1. The molecule has 0 saturated carbocycles. The van der Waals surface area contributed by atoms with Crippen molar-refractivity contribution < 1.29 is 0 Å². The maximum atomic E-state index is 3.32. The molecule has 0 aliphatic carbocycles. The molecule has 0 bridgehead atoms. The van der Waals surface area contributed by atoms with E-state index in [0.29, 0.717) is 0 Å². The van der Waals surface area contributed by atoms with Gasteiger partial charge in [0, 0.05) is 0 Å². The summed E-state index contributed by atoms with van der Waals surface area (Å²) in [5, 5.41) is 4.29. The minimum atomic E-state index is -2.48. The van der Waals surface area contributed by atoms with E-state index in [-0.39, 0.29) is 0 Å². The molecule has 0 nitrogen and oxygen atoms in total. The summed E-state index contributed by atoms with van der Waals surface area (Å²) >= 11 is 0. The Balaban J connectivity index is 2.41. The summed E-state index contributed by atoms with van der Waals surface area (Å²) < 4.78 is 0. The van der Waals surface area contributed by atoms with E-state index < -0.39 is 6.29 Å². The number of hydrogen-bond donors (Lipinski definition) is 0. The van der Waals surface area contributed by atoms with E-state index >= 15 is 0 Å². The van der Waals surface area contributed by atoms with Crippen molar-refractivity contribution in [3.63, 3.8) is 0 Å². The molecule has 0 amide bonds. The van der Waals surface area contributed by atoms with Gasteiger partial charge in [-0.2, -0.15) is 0 Å². The van der Waals surface area contributed by atoms with Gasteiger partial charge in [0.15, 0.2) is 0 Å². The van der Waals surface area contributed by atoms with Crippen molar-refractivity contribution in [3.05, 3.63) is 91.0 Å². The molecule has 0 saturated heterocycles. The predicted octanol–water partition coefficient (Wildman–Crippen LogP) is 4.33. The molecule has 0 N–H and O–H groups in total. The Labute approximate surface area is 135 Å². The fraction of sp³-hybridized carbons (Fsp3) is 0.100. The van der Waals surface area contributed by atoms with Gasteiger partial charge in [0.1, 0.15) is 0 Å². The summed E-state index contributed by atoms with van der Waals surface area (Å²) in [6.45, 7) is 2.32. The standard InChI is InChI=1S/C20H22P2/c1-2-22(21,18-12-6-3-7-13-18,19-14-8-4-9-15-19)20-16-10-5-11-17-20/h3-17H,2,21H2,1H3. The van der Waals surface area contributed by atoms with Crippen molar-refractivity contribution in [2.75, 3.05) is 6.16 Å². The molecule has 22 heavy (non-hydrogen) atoms. The van der Waals surface area contributed by atoms with Gasteiger partial charge in [-0.15, -0.1) is 0 Å². The van der Waals surface area contributed by atoms with Crippen LogP contribution in [0.4, 0.5) is 0 Å². The van der Waals surface area contributed by atoms with Crippen LogP contribution >= 0.6 is 15.2 Å². The zero-order valence-corrected chi connectivity index (χ0v) is 14.9. The monoisotopic (exact) mass is 324 g/mol. The second-order valence-electron chi connectivity index (χ2n) is 5.70. The van der Waals surface area contributed by atoms with Gasteiger partial charge in [0.25, 0.3) is 0 Å². The summed E-state index contributed by atoms with van der Waals surface area (Å²) in [6.07, 6.45) is -1.39. The maximum absolute atomic E-state index is 3.32. The minimum absolute atomic E-state index is 1.09. The first-order valence-electron chi connectivity index (χ1n) is 7.68. The zero-order valence-electron chi connectivity index (χ0n) is 12.9. The van der Waals surface area contributed by atoms with E-state index in [4.69, 9.17) is 0 Å². The Morgan fingerprint density at radius 2 is 0.864 bits per heavy atom. The fourth-order valence-electron chi connectivity index (χ4n) is 3.30. The molecule has 0 radical (unpaired) electrons. The molecule has 0 fully saturated rings. The van der Waals surface area contributed by atoms with Crippen molar-refractivity contribution in [2.24, 2.45) is 0 Å². The number of hydrogen-bond acceptors (Lipinski definition) is 0. The van der Waals surface area contributed by atoms with E-state index in [2.05, 4.69) is 107 Å². The molecule has 0 aromatic heterocycles. The molecular formula is C20H22P2. The average molecular weight is 324 g/mol. The first-order chi connectivity index (χ1) is 10.7. The number of benzene rings is 3. The van der Waals surface area contributed by atoms with Crippen LogP contribution in [0.2, 0.25) is 0 Å². The normalized spacial score (nSPS) is 13.3. The third kappa shape index (κ3) is 2.23. The van der Waals surface area contributed by atoms with E-state index in [1.165, 1.54) is 15.9 Å². The van der Waals surface area contributed by atoms with E-state index in [9.17, 15) is 0 Å². The Morgan fingerprint density at radius 3 is 1.09 bits per heavy atom. The molecule has 0 heterocycles. The molecule has 1 unspecified atom stereocenters. The molecular weight excluding hydrogens is 302 g/mol. The summed E-state index contributed by atoms with van der Waals surface area (Å²) in [4.78, 5) is 0. The van der Waals surface area contributed by atoms with Gasteiger partial charge < -0.3 is 0 Å². The van der Waals surface area contributed by atoms with E-state index in [1.54, 1.807) is 0 Å². The van der Waals surface area contributed by atoms with Gasteiger partial charge in [-0.05, 0) is 0 Å². The van der Waals surface area contributed by atoms with Crippen molar-refractivity contribution in [1.29, 1.82) is 0 Å². The Kier molecular flexibility index (Phi) is 4.18. The van der Waals surface area contributed by atoms with Gasteiger partial charge in [0.05, 0.1) is 0 Å². The molecule has 2 heteroatoms. The van der Waals surface area contributed by atoms with Crippen molar-refractivity contribution in [1.82, 2.24) is 0 Å². The van der Waals surface area contributed by atoms with Crippen LogP contribution in [0, 0.1) is 0 Å². The molecule has 0 aliphatic rings. The van der Waals surface area contributed by atoms with Crippen LogP contribution in [-0.2, 0) is 0 Å². The van der Waals surface area contributed by atoms with Gasteiger partial charge in [0.2, 0.25) is 0 Å². The van der Waals surface area contributed by atoms with Crippen molar-refractivity contribution in [2.45, 2.75) is 6.92 Å². The first-order valence-corrected chi connectivity index (χ1v) is 11.7. The Morgan fingerprint density at radius 1 is 0.591 bits per heavy atom. The van der Waals surface area contributed by atoms with Crippen LogP contribution < -0.4 is 15.9 Å². The van der Waals surface area contributed by atoms with Gasteiger partial charge >= 0.3 is 135 Å². The van der Waals surface area contributed by atoms with Gasteiger partial charge in [-0.1, -0.05) is 0 Å². The predicted molar refractivity (Wildman–Crippen MR) is 105 cm³/mol. The van der Waals surface area contributed by atoms with Crippen LogP contribution in [0.25, 0.3) is 0 Å². The van der Waals surface area contributed by atoms with Gasteiger partial charge in [-0.3, -0.25) is 0 Å². The molecule has 1 atom stereocenters. The Hall–Kier alpha value is -1.48. The summed E-state index contributed by atoms with van der Waals surface area (Å²) in [7, 11) is 3.32. The fourth-order valence-corrected chi connectivity index (χ4v) is 9.40. The van der Waals surface area contributed by atoms with E-state index in [1.807, 2.05) is 0 Å². The third-order valence-corrected chi connectivity index (χ3v) is 14.2. The van der Waals surface area contributed by atoms with Crippen LogP contribution in [-0.4, -0.2) is 6.16 Å². The van der Waals surface area contributed by atoms with E-state index in [0.717, 1.165) is 6.16 Å². The molecule has 3 aromatic carbocycles. The van der Waals surface area contributed by atoms with Crippen LogP contribution in [0.5, 0.6) is 0 Å². The summed E-state index contributed by atoms with van der Waals surface area (Å²) in [5.41, 5.74) is 0. The number of rotatable bonds is 4. The molecule has 112 valence electrons. The van der Waals surface area contributed by atoms with Crippen molar-refractivity contribution in [3.8, 4) is 0 Å².